The molecule has 1 amide bonds. The van der Waals surface area contributed by atoms with Gasteiger partial charge in [0.25, 0.3) is 0 Å². The van der Waals surface area contributed by atoms with Gasteiger partial charge in [-0.15, -0.1) is 0 Å². The highest BCUT2D eigenvalue weighted by Crippen LogP contribution is 2.36. The van der Waals surface area contributed by atoms with Crippen molar-refractivity contribution >= 4 is 39.3 Å². The first-order chi connectivity index (χ1) is 10.1. The van der Waals surface area contributed by atoms with Crippen LogP contribution < -0.4 is 10.1 Å². The van der Waals surface area contributed by atoms with E-state index in [1.165, 1.54) is 7.11 Å². The highest BCUT2D eigenvalue weighted by molar-refractivity contribution is 9.10. The van der Waals surface area contributed by atoms with Crippen molar-refractivity contribution < 1.29 is 14.3 Å². The molecule has 0 saturated carbocycles. The fourth-order valence-electron chi connectivity index (χ4n) is 1.73. The summed E-state index contributed by atoms with van der Waals surface area (Å²) in [4.78, 5) is 11.8. The topological polar surface area (TPSA) is 47.6 Å². The largest absolute Gasteiger partial charge is 0.493 e. The van der Waals surface area contributed by atoms with Gasteiger partial charge < -0.3 is 9.47 Å². The van der Waals surface area contributed by atoms with Crippen molar-refractivity contribution in [3.8, 4) is 5.75 Å². The molecule has 2 aromatic carbocycles. The van der Waals surface area contributed by atoms with Crippen molar-refractivity contribution in [3.63, 3.8) is 0 Å². The van der Waals surface area contributed by atoms with Gasteiger partial charge in [0.05, 0.1) is 17.3 Å². The molecule has 0 saturated heterocycles. The molecular formula is C15H13BrClNO3. The molecule has 6 heteroatoms. The lowest BCUT2D eigenvalue weighted by Gasteiger charge is -2.12. The van der Waals surface area contributed by atoms with E-state index in [4.69, 9.17) is 21.1 Å². The lowest BCUT2D eigenvalue weighted by molar-refractivity contribution is 0.155. The normalized spacial score (nSPS) is 10.0. The first-order valence-electron chi connectivity index (χ1n) is 6.11. The lowest BCUT2D eigenvalue weighted by atomic mass is 10.2. The van der Waals surface area contributed by atoms with E-state index < -0.39 is 6.09 Å². The Morgan fingerprint density at radius 3 is 2.67 bits per heavy atom. The minimum Gasteiger partial charge on any atom is -0.493 e. The third-order valence-corrected chi connectivity index (χ3v) is 3.47. The van der Waals surface area contributed by atoms with Gasteiger partial charge in [0, 0.05) is 5.02 Å². The van der Waals surface area contributed by atoms with Crippen LogP contribution in [0.5, 0.6) is 5.75 Å². The quantitative estimate of drug-likeness (QED) is 0.836. The first-order valence-corrected chi connectivity index (χ1v) is 7.28. The molecule has 0 atom stereocenters. The molecule has 0 aromatic heterocycles. The molecule has 110 valence electrons. The standard InChI is InChI=1S/C15H13BrClNO3/c1-20-14-12(16)7-11(17)8-13(14)18-15(19)21-9-10-5-3-2-4-6-10/h2-8H,9H2,1H3,(H,18,19). The van der Waals surface area contributed by atoms with Gasteiger partial charge >= 0.3 is 6.09 Å². The first kappa shape index (κ1) is 15.7. The number of methoxy groups -OCH3 is 1. The Balaban J connectivity index is 2.03. The minimum absolute atomic E-state index is 0.191. The Hall–Kier alpha value is -1.72. The van der Waals surface area contributed by atoms with Gasteiger partial charge in [0.2, 0.25) is 0 Å². The van der Waals surface area contributed by atoms with E-state index in [0.29, 0.717) is 20.9 Å². The summed E-state index contributed by atoms with van der Waals surface area (Å²) >= 11 is 9.28. The molecule has 0 aliphatic carbocycles. The Bertz CT molecular complexity index is 634. The molecule has 4 nitrogen and oxygen atoms in total. The molecule has 0 heterocycles. The second-order valence-electron chi connectivity index (χ2n) is 4.16. The molecule has 0 fully saturated rings. The molecule has 0 unspecified atom stereocenters. The summed E-state index contributed by atoms with van der Waals surface area (Å²) in [6.07, 6.45) is -0.577. The molecule has 0 bridgehead atoms. The summed E-state index contributed by atoms with van der Waals surface area (Å²) in [7, 11) is 1.51. The average molecular weight is 371 g/mol. The van der Waals surface area contributed by atoms with Gasteiger partial charge in [-0.25, -0.2) is 4.79 Å². The summed E-state index contributed by atoms with van der Waals surface area (Å²) in [5.41, 5.74) is 1.35. The monoisotopic (exact) mass is 369 g/mol. The van der Waals surface area contributed by atoms with Crippen LogP contribution in [0, 0.1) is 0 Å². The highest BCUT2D eigenvalue weighted by atomic mass is 79.9. The van der Waals surface area contributed by atoms with Crippen molar-refractivity contribution in [1.29, 1.82) is 0 Å². The third kappa shape index (κ3) is 4.37. The maximum atomic E-state index is 11.8. The van der Waals surface area contributed by atoms with E-state index in [1.807, 2.05) is 30.3 Å². The van der Waals surface area contributed by atoms with Crippen LogP contribution in [0.4, 0.5) is 10.5 Å². The Labute approximate surface area is 136 Å². The van der Waals surface area contributed by atoms with Crippen LogP contribution >= 0.6 is 27.5 Å². The highest BCUT2D eigenvalue weighted by Gasteiger charge is 2.13. The molecular weight excluding hydrogens is 358 g/mol. The number of amides is 1. The number of hydrogen-bond acceptors (Lipinski definition) is 3. The summed E-state index contributed by atoms with van der Waals surface area (Å²) in [5.74, 6) is 0.482. The van der Waals surface area contributed by atoms with E-state index >= 15 is 0 Å². The Kier molecular flexibility index (Phi) is 5.47. The van der Waals surface area contributed by atoms with Crippen molar-refractivity contribution in [3.05, 3.63) is 57.5 Å². The van der Waals surface area contributed by atoms with Crippen molar-refractivity contribution in [2.75, 3.05) is 12.4 Å². The van der Waals surface area contributed by atoms with Crippen LogP contribution in [0.25, 0.3) is 0 Å². The number of nitrogens with one attached hydrogen (secondary N) is 1. The smallest absolute Gasteiger partial charge is 0.412 e. The fourth-order valence-corrected chi connectivity index (χ4v) is 2.70. The zero-order valence-electron chi connectivity index (χ0n) is 11.2. The van der Waals surface area contributed by atoms with Crippen LogP contribution in [0.3, 0.4) is 0 Å². The van der Waals surface area contributed by atoms with Gasteiger partial charge in [-0.1, -0.05) is 41.9 Å². The van der Waals surface area contributed by atoms with E-state index in [1.54, 1.807) is 12.1 Å². The number of anilines is 1. The second kappa shape index (κ2) is 7.33. The van der Waals surface area contributed by atoms with Crippen LogP contribution in [0.15, 0.2) is 46.9 Å². The number of rotatable bonds is 4. The van der Waals surface area contributed by atoms with Crippen molar-refractivity contribution in [1.82, 2.24) is 0 Å². The predicted molar refractivity (Wildman–Crippen MR) is 86.0 cm³/mol. The van der Waals surface area contributed by atoms with Gasteiger partial charge in [-0.05, 0) is 33.6 Å². The van der Waals surface area contributed by atoms with Crippen LogP contribution in [-0.2, 0) is 11.3 Å². The van der Waals surface area contributed by atoms with Gasteiger partial charge in [0.1, 0.15) is 6.61 Å². The molecule has 0 aliphatic heterocycles. The average Bonchev–Trinajstić information content (AvgIpc) is 2.46. The summed E-state index contributed by atoms with van der Waals surface area (Å²) in [6, 6.07) is 12.7. The number of carbonyl (C=O) groups is 1. The molecule has 2 aromatic rings. The van der Waals surface area contributed by atoms with Crippen molar-refractivity contribution in [2.45, 2.75) is 6.61 Å². The Morgan fingerprint density at radius 1 is 1.29 bits per heavy atom. The SMILES string of the molecule is COc1c(Br)cc(Cl)cc1NC(=O)OCc1ccccc1. The van der Waals surface area contributed by atoms with E-state index in [-0.39, 0.29) is 6.61 Å². The van der Waals surface area contributed by atoms with E-state index in [2.05, 4.69) is 21.2 Å². The zero-order valence-corrected chi connectivity index (χ0v) is 13.6. The molecule has 0 aliphatic rings. The van der Waals surface area contributed by atoms with E-state index in [9.17, 15) is 4.79 Å². The van der Waals surface area contributed by atoms with Crippen LogP contribution in [0.1, 0.15) is 5.56 Å². The van der Waals surface area contributed by atoms with Gasteiger partial charge in [0.15, 0.2) is 5.75 Å². The summed E-state index contributed by atoms with van der Waals surface area (Å²) < 4.78 is 11.0. The van der Waals surface area contributed by atoms with E-state index in [0.717, 1.165) is 5.56 Å². The number of ether oxygens (including phenoxy) is 2. The molecule has 2 rings (SSSR count). The third-order valence-electron chi connectivity index (χ3n) is 2.66. The zero-order chi connectivity index (χ0) is 15.2. The molecule has 1 N–H and O–H groups in total. The molecule has 21 heavy (non-hydrogen) atoms. The number of halogens is 2. The van der Waals surface area contributed by atoms with Crippen molar-refractivity contribution in [2.24, 2.45) is 0 Å². The maximum Gasteiger partial charge on any atom is 0.412 e. The number of benzene rings is 2. The second-order valence-corrected chi connectivity index (χ2v) is 5.45. The van der Waals surface area contributed by atoms with Crippen LogP contribution in [0.2, 0.25) is 5.02 Å². The minimum atomic E-state index is -0.577. The van der Waals surface area contributed by atoms with Gasteiger partial charge in [-0.2, -0.15) is 0 Å². The number of carbonyl (C=O) groups excluding carboxylic acids is 1. The van der Waals surface area contributed by atoms with Crippen LogP contribution in [-0.4, -0.2) is 13.2 Å². The Morgan fingerprint density at radius 2 is 2.00 bits per heavy atom. The predicted octanol–water partition coefficient (Wildman–Crippen LogP) is 4.86. The fraction of sp³-hybridized carbons (Fsp3) is 0.133. The summed E-state index contributed by atoms with van der Waals surface area (Å²) in [6.45, 7) is 0.191. The maximum absolute atomic E-state index is 11.8. The lowest BCUT2D eigenvalue weighted by Crippen LogP contribution is -2.14. The molecule has 0 spiro atoms. The number of hydrogen-bond donors (Lipinski definition) is 1. The molecule has 0 radical (unpaired) electrons. The summed E-state index contributed by atoms with van der Waals surface area (Å²) in [5, 5.41) is 3.09. The van der Waals surface area contributed by atoms with Gasteiger partial charge in [-0.3, -0.25) is 5.32 Å².